The number of aryl methyl sites for hydroxylation is 1. The Kier molecular flexibility index (Phi) is 3.56. The summed E-state index contributed by atoms with van der Waals surface area (Å²) < 4.78 is 13.9. The molecule has 18 heavy (non-hydrogen) atoms. The van der Waals surface area contributed by atoms with Crippen LogP contribution in [0.3, 0.4) is 0 Å². The Labute approximate surface area is 107 Å². The number of hydrogen-bond donors (Lipinski definition) is 0. The zero-order valence-electron chi connectivity index (χ0n) is 10.7. The summed E-state index contributed by atoms with van der Waals surface area (Å²) in [6, 6.07) is 9.18. The van der Waals surface area contributed by atoms with Crippen molar-refractivity contribution in [2.45, 2.75) is 20.3 Å². The van der Waals surface area contributed by atoms with E-state index in [4.69, 9.17) is 0 Å². The first kappa shape index (κ1) is 12.5. The van der Waals surface area contributed by atoms with Gasteiger partial charge in [0.1, 0.15) is 5.82 Å². The van der Waals surface area contributed by atoms with Crippen molar-refractivity contribution in [2.75, 3.05) is 0 Å². The largest absolute Gasteiger partial charge is 0.261 e. The van der Waals surface area contributed by atoms with E-state index in [2.05, 4.69) is 11.6 Å². The second kappa shape index (κ2) is 5.13. The molecule has 0 aliphatic rings. The molecule has 92 valence electrons. The number of rotatable bonds is 3. The van der Waals surface area contributed by atoms with Crippen LogP contribution in [0.15, 0.2) is 48.7 Å². The molecular formula is C16H16FN. The van der Waals surface area contributed by atoms with Crippen LogP contribution in [0, 0.1) is 12.7 Å². The maximum absolute atomic E-state index is 13.9. The summed E-state index contributed by atoms with van der Waals surface area (Å²) in [5, 5.41) is 0. The molecular weight excluding hydrogens is 225 g/mol. The average Bonchev–Trinajstić information content (AvgIpc) is 2.32. The van der Waals surface area contributed by atoms with Crippen molar-refractivity contribution in [3.63, 3.8) is 0 Å². The Hall–Kier alpha value is -1.96. The molecule has 0 saturated heterocycles. The minimum absolute atomic E-state index is 0.184. The molecule has 0 atom stereocenters. The van der Waals surface area contributed by atoms with Gasteiger partial charge in [-0.15, -0.1) is 0 Å². The maximum atomic E-state index is 13.9. The Balaban J connectivity index is 2.33. The molecule has 1 aromatic carbocycles. The molecule has 0 spiro atoms. The van der Waals surface area contributed by atoms with E-state index in [-0.39, 0.29) is 5.82 Å². The third-order valence-corrected chi connectivity index (χ3v) is 2.79. The monoisotopic (exact) mass is 241 g/mol. The van der Waals surface area contributed by atoms with Crippen molar-refractivity contribution < 1.29 is 4.39 Å². The van der Waals surface area contributed by atoms with Gasteiger partial charge in [-0.3, -0.25) is 4.98 Å². The lowest BCUT2D eigenvalue weighted by Crippen LogP contribution is -1.92. The normalized spacial score (nSPS) is 10.4. The molecule has 0 amide bonds. The summed E-state index contributed by atoms with van der Waals surface area (Å²) in [7, 11) is 0. The first-order chi connectivity index (χ1) is 8.56. The third-order valence-electron chi connectivity index (χ3n) is 2.79. The fourth-order valence-electron chi connectivity index (χ4n) is 1.83. The number of allylic oxidation sites excluding steroid dienone is 1. The highest BCUT2D eigenvalue weighted by Crippen LogP contribution is 2.22. The van der Waals surface area contributed by atoms with Crippen molar-refractivity contribution in [2.24, 2.45) is 0 Å². The van der Waals surface area contributed by atoms with E-state index in [1.807, 2.05) is 38.1 Å². The van der Waals surface area contributed by atoms with Gasteiger partial charge in [-0.25, -0.2) is 4.39 Å². The van der Waals surface area contributed by atoms with Crippen molar-refractivity contribution in [1.29, 1.82) is 0 Å². The van der Waals surface area contributed by atoms with Crippen molar-refractivity contribution in [3.8, 4) is 11.1 Å². The second-order valence-electron chi connectivity index (χ2n) is 4.63. The van der Waals surface area contributed by atoms with Gasteiger partial charge in [-0.2, -0.15) is 0 Å². The fraction of sp³-hybridized carbons (Fsp3) is 0.188. The molecule has 0 unspecified atom stereocenters. The number of aromatic nitrogens is 1. The highest BCUT2D eigenvalue weighted by Gasteiger charge is 2.05. The van der Waals surface area contributed by atoms with Crippen LogP contribution in [-0.2, 0) is 6.42 Å². The highest BCUT2D eigenvalue weighted by atomic mass is 19.1. The second-order valence-corrected chi connectivity index (χ2v) is 4.63. The van der Waals surface area contributed by atoms with E-state index in [0.717, 1.165) is 22.4 Å². The summed E-state index contributed by atoms with van der Waals surface area (Å²) in [6.07, 6.45) is 2.35. The first-order valence-corrected chi connectivity index (χ1v) is 5.92. The average molecular weight is 241 g/mol. The Bertz CT molecular complexity index is 570. The van der Waals surface area contributed by atoms with Crippen LogP contribution in [0.5, 0.6) is 0 Å². The van der Waals surface area contributed by atoms with E-state index in [1.165, 1.54) is 0 Å². The SMILES string of the molecule is C=C(C)Cc1ccc(-c2ccc(C)nc2)cc1F. The van der Waals surface area contributed by atoms with Gasteiger partial charge in [0, 0.05) is 17.5 Å². The summed E-state index contributed by atoms with van der Waals surface area (Å²) in [5.41, 5.74) is 4.38. The molecule has 0 aliphatic heterocycles. The molecule has 0 fully saturated rings. The third kappa shape index (κ3) is 2.83. The van der Waals surface area contributed by atoms with E-state index in [9.17, 15) is 4.39 Å². The van der Waals surface area contributed by atoms with E-state index >= 15 is 0 Å². The molecule has 2 rings (SSSR count). The standard InChI is InChI=1S/C16H16FN/c1-11(2)8-14-7-6-13(9-16(14)17)15-5-4-12(3)18-10-15/h4-7,9-10H,1,8H2,2-3H3. The predicted molar refractivity (Wildman–Crippen MR) is 72.9 cm³/mol. The predicted octanol–water partition coefficient (Wildman–Crippen LogP) is 4.31. The quantitative estimate of drug-likeness (QED) is 0.729. The molecule has 0 aliphatic carbocycles. The molecule has 0 radical (unpaired) electrons. The van der Waals surface area contributed by atoms with E-state index in [1.54, 1.807) is 12.3 Å². The molecule has 1 aromatic heterocycles. The molecule has 0 saturated carbocycles. The van der Waals surface area contributed by atoms with E-state index in [0.29, 0.717) is 12.0 Å². The van der Waals surface area contributed by atoms with Gasteiger partial charge in [0.2, 0.25) is 0 Å². The molecule has 1 heterocycles. The van der Waals surface area contributed by atoms with Crippen LogP contribution in [0.4, 0.5) is 4.39 Å². The fourth-order valence-corrected chi connectivity index (χ4v) is 1.83. The van der Waals surface area contributed by atoms with Crippen molar-refractivity contribution in [1.82, 2.24) is 4.98 Å². The molecule has 0 bridgehead atoms. The lowest BCUT2D eigenvalue weighted by atomic mass is 10.0. The van der Waals surface area contributed by atoms with Crippen molar-refractivity contribution >= 4 is 0 Å². The van der Waals surface area contributed by atoms with Gasteiger partial charge >= 0.3 is 0 Å². The van der Waals surface area contributed by atoms with Crippen LogP contribution in [0.25, 0.3) is 11.1 Å². The first-order valence-electron chi connectivity index (χ1n) is 5.92. The lowest BCUT2D eigenvalue weighted by molar-refractivity contribution is 0.614. The maximum Gasteiger partial charge on any atom is 0.127 e. The Morgan fingerprint density at radius 3 is 2.50 bits per heavy atom. The zero-order valence-corrected chi connectivity index (χ0v) is 10.7. The van der Waals surface area contributed by atoms with Crippen LogP contribution >= 0.6 is 0 Å². The smallest absolute Gasteiger partial charge is 0.127 e. The minimum atomic E-state index is -0.184. The lowest BCUT2D eigenvalue weighted by Gasteiger charge is -2.06. The zero-order chi connectivity index (χ0) is 13.1. The van der Waals surface area contributed by atoms with Gasteiger partial charge in [0.05, 0.1) is 0 Å². The number of nitrogens with zero attached hydrogens (tertiary/aromatic N) is 1. The molecule has 2 heteroatoms. The van der Waals surface area contributed by atoms with Crippen LogP contribution < -0.4 is 0 Å². The number of pyridine rings is 1. The molecule has 1 nitrogen and oxygen atoms in total. The van der Waals surface area contributed by atoms with Crippen LogP contribution in [-0.4, -0.2) is 4.98 Å². The van der Waals surface area contributed by atoms with Gasteiger partial charge in [-0.05, 0) is 43.5 Å². The number of benzene rings is 1. The molecule has 2 aromatic rings. The Morgan fingerprint density at radius 1 is 1.22 bits per heavy atom. The van der Waals surface area contributed by atoms with Crippen LogP contribution in [0.1, 0.15) is 18.2 Å². The topological polar surface area (TPSA) is 12.9 Å². The molecule has 0 N–H and O–H groups in total. The number of halogens is 1. The minimum Gasteiger partial charge on any atom is -0.261 e. The van der Waals surface area contributed by atoms with Crippen LogP contribution in [0.2, 0.25) is 0 Å². The number of hydrogen-bond acceptors (Lipinski definition) is 1. The highest BCUT2D eigenvalue weighted by molar-refractivity contribution is 5.63. The summed E-state index contributed by atoms with van der Waals surface area (Å²) >= 11 is 0. The van der Waals surface area contributed by atoms with Gasteiger partial charge in [0.25, 0.3) is 0 Å². The van der Waals surface area contributed by atoms with Crippen molar-refractivity contribution in [3.05, 3.63) is 65.8 Å². The van der Waals surface area contributed by atoms with Gasteiger partial charge < -0.3 is 0 Å². The van der Waals surface area contributed by atoms with Gasteiger partial charge in [0.15, 0.2) is 0 Å². The summed E-state index contributed by atoms with van der Waals surface area (Å²) in [5.74, 6) is -0.184. The van der Waals surface area contributed by atoms with E-state index < -0.39 is 0 Å². The van der Waals surface area contributed by atoms with Gasteiger partial charge in [-0.1, -0.05) is 30.4 Å². The summed E-state index contributed by atoms with van der Waals surface area (Å²) in [6.45, 7) is 7.64. The summed E-state index contributed by atoms with van der Waals surface area (Å²) in [4.78, 5) is 4.22. The Morgan fingerprint density at radius 2 is 1.94 bits per heavy atom.